The van der Waals surface area contributed by atoms with Gasteiger partial charge in [-0.25, -0.2) is 0 Å². The number of carbonyl (C=O) groups is 1. The highest BCUT2D eigenvalue weighted by Gasteiger charge is 2.12. The van der Waals surface area contributed by atoms with E-state index in [-0.39, 0.29) is 11.9 Å². The highest BCUT2D eigenvalue weighted by Crippen LogP contribution is 2.14. The first-order valence-corrected chi connectivity index (χ1v) is 7.73. The molecule has 0 spiro atoms. The Bertz CT molecular complexity index is 631. The van der Waals surface area contributed by atoms with Gasteiger partial charge < -0.3 is 15.7 Å². The third-order valence-corrected chi connectivity index (χ3v) is 3.66. The molecule has 5 heteroatoms. The molecule has 0 fully saturated rings. The summed E-state index contributed by atoms with van der Waals surface area (Å²) in [6, 6.07) is 11.2. The van der Waals surface area contributed by atoms with Crippen molar-refractivity contribution in [1.29, 1.82) is 0 Å². The molecule has 1 aromatic carbocycles. The molecule has 1 amide bonds. The number of benzene rings is 1. The summed E-state index contributed by atoms with van der Waals surface area (Å²) in [6.07, 6.45) is 3.03. The van der Waals surface area contributed by atoms with Crippen LogP contribution in [0.15, 0.2) is 48.8 Å². The van der Waals surface area contributed by atoms with E-state index in [9.17, 15) is 9.90 Å². The van der Waals surface area contributed by atoms with E-state index in [4.69, 9.17) is 0 Å². The number of amides is 1. The van der Waals surface area contributed by atoms with E-state index >= 15 is 0 Å². The van der Waals surface area contributed by atoms with Crippen LogP contribution in [-0.2, 0) is 4.79 Å². The molecule has 1 aromatic heterocycles. The summed E-state index contributed by atoms with van der Waals surface area (Å²) in [7, 11) is 0. The van der Waals surface area contributed by atoms with Crippen molar-refractivity contribution in [3.63, 3.8) is 0 Å². The Labute approximate surface area is 136 Å². The molecule has 0 bridgehead atoms. The van der Waals surface area contributed by atoms with Gasteiger partial charge in [-0.15, -0.1) is 0 Å². The maximum atomic E-state index is 12.1. The van der Waals surface area contributed by atoms with Crippen LogP contribution < -0.4 is 10.6 Å². The van der Waals surface area contributed by atoms with Gasteiger partial charge in [0.25, 0.3) is 0 Å². The lowest BCUT2D eigenvalue weighted by Gasteiger charge is -2.17. The van der Waals surface area contributed by atoms with Crippen molar-refractivity contribution in [3.8, 4) is 0 Å². The monoisotopic (exact) mass is 313 g/mol. The molecule has 0 aliphatic carbocycles. The van der Waals surface area contributed by atoms with Crippen molar-refractivity contribution in [1.82, 2.24) is 10.3 Å². The molecule has 0 aliphatic rings. The largest absolute Gasteiger partial charge is 0.387 e. The molecular weight excluding hydrogens is 290 g/mol. The van der Waals surface area contributed by atoms with Crippen LogP contribution in [-0.4, -0.2) is 28.6 Å². The summed E-state index contributed by atoms with van der Waals surface area (Å²) >= 11 is 0. The van der Waals surface area contributed by atoms with Gasteiger partial charge in [-0.1, -0.05) is 18.2 Å². The zero-order valence-electron chi connectivity index (χ0n) is 13.5. The second kappa shape index (κ2) is 8.41. The van der Waals surface area contributed by atoms with Gasteiger partial charge in [0.15, 0.2) is 0 Å². The highest BCUT2D eigenvalue weighted by atomic mass is 16.3. The predicted molar refractivity (Wildman–Crippen MR) is 91.1 cm³/mol. The van der Waals surface area contributed by atoms with E-state index in [1.807, 2.05) is 38.1 Å². The molecule has 2 atom stereocenters. The first kappa shape index (κ1) is 17.1. The smallest absolute Gasteiger partial charge is 0.225 e. The molecule has 0 saturated carbocycles. The average Bonchev–Trinajstić information content (AvgIpc) is 2.55. The predicted octanol–water partition coefficient (Wildman–Crippen LogP) is 2.43. The molecule has 23 heavy (non-hydrogen) atoms. The minimum absolute atomic E-state index is 0.0319. The fourth-order valence-corrected chi connectivity index (χ4v) is 2.28. The standard InChI is InChI=1S/C18H23N3O2/c1-13-5-3-4-6-16(13)21-18(23)11-14(2)20-12-17(22)15-7-9-19-10-8-15/h3-10,14,17,20,22H,11-12H2,1-2H3,(H,21,23). The molecule has 5 nitrogen and oxygen atoms in total. The molecule has 3 N–H and O–H groups in total. The molecule has 1 heterocycles. The molecule has 0 saturated heterocycles. The van der Waals surface area contributed by atoms with E-state index in [2.05, 4.69) is 15.6 Å². The van der Waals surface area contributed by atoms with Crippen molar-refractivity contribution in [2.45, 2.75) is 32.4 Å². The number of aliphatic hydroxyl groups excluding tert-OH is 1. The number of para-hydroxylation sites is 1. The highest BCUT2D eigenvalue weighted by molar-refractivity contribution is 5.91. The summed E-state index contributed by atoms with van der Waals surface area (Å²) in [5.74, 6) is -0.0438. The molecule has 2 aromatic rings. The minimum Gasteiger partial charge on any atom is -0.387 e. The zero-order valence-corrected chi connectivity index (χ0v) is 13.5. The van der Waals surface area contributed by atoms with Crippen molar-refractivity contribution in [2.75, 3.05) is 11.9 Å². The van der Waals surface area contributed by atoms with E-state index < -0.39 is 6.10 Å². The lowest BCUT2D eigenvalue weighted by molar-refractivity contribution is -0.116. The molecule has 122 valence electrons. The Morgan fingerprint density at radius 2 is 1.91 bits per heavy atom. The number of hydrogen-bond donors (Lipinski definition) is 3. The van der Waals surface area contributed by atoms with Gasteiger partial charge in [-0.05, 0) is 43.2 Å². The number of aryl methyl sites for hydroxylation is 1. The van der Waals surface area contributed by atoms with Crippen LogP contribution in [0.5, 0.6) is 0 Å². The first-order valence-electron chi connectivity index (χ1n) is 7.73. The number of rotatable bonds is 7. The number of hydrogen-bond acceptors (Lipinski definition) is 4. The van der Waals surface area contributed by atoms with Crippen LogP contribution in [0.2, 0.25) is 0 Å². The van der Waals surface area contributed by atoms with E-state index in [1.54, 1.807) is 24.5 Å². The normalized spacial score (nSPS) is 13.3. The lowest BCUT2D eigenvalue weighted by Crippen LogP contribution is -2.33. The van der Waals surface area contributed by atoms with E-state index in [0.29, 0.717) is 13.0 Å². The van der Waals surface area contributed by atoms with E-state index in [0.717, 1.165) is 16.8 Å². The number of nitrogens with zero attached hydrogens (tertiary/aromatic N) is 1. The Hall–Kier alpha value is -2.24. The van der Waals surface area contributed by atoms with Gasteiger partial charge in [0.1, 0.15) is 0 Å². The van der Waals surface area contributed by atoms with Crippen LogP contribution in [0.4, 0.5) is 5.69 Å². The van der Waals surface area contributed by atoms with Gasteiger partial charge in [0.05, 0.1) is 6.10 Å². The number of aliphatic hydroxyl groups is 1. The number of pyridine rings is 1. The van der Waals surface area contributed by atoms with Crippen LogP contribution >= 0.6 is 0 Å². The summed E-state index contributed by atoms with van der Waals surface area (Å²) < 4.78 is 0. The molecule has 0 radical (unpaired) electrons. The Morgan fingerprint density at radius 3 is 2.61 bits per heavy atom. The quantitative estimate of drug-likeness (QED) is 0.734. The fraction of sp³-hybridized carbons (Fsp3) is 0.333. The minimum atomic E-state index is -0.611. The number of aromatic nitrogens is 1. The summed E-state index contributed by atoms with van der Waals surface area (Å²) in [4.78, 5) is 16.0. The van der Waals surface area contributed by atoms with Gasteiger partial charge in [0, 0.05) is 37.1 Å². The van der Waals surface area contributed by atoms with Crippen LogP contribution in [0.1, 0.15) is 30.6 Å². The maximum Gasteiger partial charge on any atom is 0.225 e. The van der Waals surface area contributed by atoms with Crippen molar-refractivity contribution < 1.29 is 9.90 Å². The Morgan fingerprint density at radius 1 is 1.22 bits per heavy atom. The van der Waals surface area contributed by atoms with Crippen LogP contribution in [0.25, 0.3) is 0 Å². The SMILES string of the molecule is Cc1ccccc1NC(=O)CC(C)NCC(O)c1ccncc1. The van der Waals surface area contributed by atoms with Gasteiger partial charge in [-0.3, -0.25) is 9.78 Å². The lowest BCUT2D eigenvalue weighted by atomic mass is 10.1. The van der Waals surface area contributed by atoms with E-state index in [1.165, 1.54) is 0 Å². The number of anilines is 1. The summed E-state index contributed by atoms with van der Waals surface area (Å²) in [6.45, 7) is 4.28. The third-order valence-electron chi connectivity index (χ3n) is 3.66. The van der Waals surface area contributed by atoms with Crippen LogP contribution in [0.3, 0.4) is 0 Å². The number of carbonyl (C=O) groups excluding carboxylic acids is 1. The van der Waals surface area contributed by atoms with Crippen molar-refractivity contribution in [2.24, 2.45) is 0 Å². The van der Waals surface area contributed by atoms with Crippen LogP contribution in [0, 0.1) is 6.92 Å². The average molecular weight is 313 g/mol. The van der Waals surface area contributed by atoms with Gasteiger partial charge in [0.2, 0.25) is 5.91 Å². The Kier molecular flexibility index (Phi) is 6.26. The topological polar surface area (TPSA) is 74.2 Å². The second-order valence-corrected chi connectivity index (χ2v) is 5.67. The second-order valence-electron chi connectivity index (χ2n) is 5.67. The first-order chi connectivity index (χ1) is 11.1. The Balaban J connectivity index is 1.77. The molecule has 2 rings (SSSR count). The molecule has 0 aliphatic heterocycles. The maximum absolute atomic E-state index is 12.1. The third kappa shape index (κ3) is 5.47. The van der Waals surface area contributed by atoms with Crippen molar-refractivity contribution >= 4 is 11.6 Å². The summed E-state index contributed by atoms with van der Waals surface area (Å²) in [5, 5.41) is 16.2. The molecule has 2 unspecified atom stereocenters. The van der Waals surface area contributed by atoms with Crippen molar-refractivity contribution in [3.05, 3.63) is 59.9 Å². The van der Waals surface area contributed by atoms with Gasteiger partial charge in [-0.2, -0.15) is 0 Å². The number of nitrogens with one attached hydrogen (secondary N) is 2. The molecular formula is C18H23N3O2. The fourth-order valence-electron chi connectivity index (χ4n) is 2.28. The summed E-state index contributed by atoms with van der Waals surface area (Å²) in [5.41, 5.74) is 2.68. The zero-order chi connectivity index (χ0) is 16.7. The van der Waals surface area contributed by atoms with Gasteiger partial charge >= 0.3 is 0 Å².